The maximum absolute atomic E-state index is 13.4. The predicted molar refractivity (Wildman–Crippen MR) is 92.8 cm³/mol. The standard InChI is InChI=1S/C17H15Cl2FN2O2/c18-12-7-13(19)9-14(8-12)22-17(24)10-16(23)21-6-5-11-3-1-2-4-15(11)20/h1-4,7-9H,5-6,10H2,(H,21,23)(H,22,24). The van der Waals surface area contributed by atoms with E-state index >= 15 is 0 Å². The Morgan fingerprint density at radius 2 is 1.67 bits per heavy atom. The Balaban J connectivity index is 1.77. The molecule has 0 aromatic heterocycles. The second-order valence-electron chi connectivity index (χ2n) is 5.07. The minimum absolute atomic E-state index is 0.246. The van der Waals surface area contributed by atoms with Crippen LogP contribution in [0.15, 0.2) is 42.5 Å². The fourth-order valence-corrected chi connectivity index (χ4v) is 2.60. The maximum Gasteiger partial charge on any atom is 0.233 e. The molecule has 0 saturated heterocycles. The number of nitrogens with one attached hydrogen (secondary N) is 2. The Hall–Kier alpha value is -2.11. The van der Waals surface area contributed by atoms with Crippen LogP contribution in [0.2, 0.25) is 10.0 Å². The van der Waals surface area contributed by atoms with E-state index in [0.29, 0.717) is 27.7 Å². The molecule has 0 aliphatic rings. The molecule has 0 heterocycles. The molecule has 0 saturated carbocycles. The summed E-state index contributed by atoms with van der Waals surface area (Å²) in [6.45, 7) is 0.246. The number of benzene rings is 2. The van der Waals surface area contributed by atoms with Gasteiger partial charge in [-0.25, -0.2) is 4.39 Å². The average molecular weight is 369 g/mol. The van der Waals surface area contributed by atoms with E-state index in [4.69, 9.17) is 23.2 Å². The van der Waals surface area contributed by atoms with E-state index in [0.717, 1.165) is 0 Å². The monoisotopic (exact) mass is 368 g/mol. The number of halogens is 3. The summed E-state index contributed by atoms with van der Waals surface area (Å²) in [4.78, 5) is 23.5. The van der Waals surface area contributed by atoms with Crippen molar-refractivity contribution in [3.05, 3.63) is 63.9 Å². The van der Waals surface area contributed by atoms with Gasteiger partial charge >= 0.3 is 0 Å². The lowest BCUT2D eigenvalue weighted by molar-refractivity contribution is -0.126. The quantitative estimate of drug-likeness (QED) is 0.761. The minimum Gasteiger partial charge on any atom is -0.355 e. The van der Waals surface area contributed by atoms with E-state index in [2.05, 4.69) is 10.6 Å². The van der Waals surface area contributed by atoms with E-state index < -0.39 is 11.8 Å². The van der Waals surface area contributed by atoms with Crippen molar-refractivity contribution in [1.29, 1.82) is 0 Å². The molecule has 2 rings (SSSR count). The molecule has 0 aliphatic heterocycles. The van der Waals surface area contributed by atoms with Crippen molar-refractivity contribution in [2.75, 3.05) is 11.9 Å². The summed E-state index contributed by atoms with van der Waals surface area (Å²) in [6, 6.07) is 10.9. The Morgan fingerprint density at radius 1 is 1.00 bits per heavy atom. The summed E-state index contributed by atoms with van der Waals surface area (Å²) < 4.78 is 13.4. The summed E-state index contributed by atoms with van der Waals surface area (Å²) in [5, 5.41) is 5.89. The summed E-state index contributed by atoms with van der Waals surface area (Å²) in [6.07, 6.45) is 0.00530. The number of carbonyl (C=O) groups is 2. The summed E-state index contributed by atoms with van der Waals surface area (Å²) in [5.41, 5.74) is 0.924. The van der Waals surface area contributed by atoms with Gasteiger partial charge in [0.2, 0.25) is 11.8 Å². The van der Waals surface area contributed by atoms with Crippen LogP contribution in [0.4, 0.5) is 10.1 Å². The molecule has 0 atom stereocenters. The second-order valence-corrected chi connectivity index (χ2v) is 5.95. The lowest BCUT2D eigenvalue weighted by Crippen LogP contribution is -2.29. The molecule has 2 aromatic rings. The van der Waals surface area contributed by atoms with Gasteiger partial charge in [0.1, 0.15) is 12.2 Å². The summed E-state index contributed by atoms with van der Waals surface area (Å²) >= 11 is 11.7. The first-order chi connectivity index (χ1) is 11.4. The Morgan fingerprint density at radius 3 is 2.33 bits per heavy atom. The topological polar surface area (TPSA) is 58.2 Å². The summed E-state index contributed by atoms with van der Waals surface area (Å²) in [7, 11) is 0. The van der Waals surface area contributed by atoms with Crippen molar-refractivity contribution < 1.29 is 14.0 Å². The average Bonchev–Trinajstić information content (AvgIpc) is 2.47. The second kappa shape index (κ2) is 8.66. The van der Waals surface area contributed by atoms with Gasteiger partial charge in [0, 0.05) is 22.3 Å². The van der Waals surface area contributed by atoms with E-state index in [9.17, 15) is 14.0 Å². The third kappa shape index (κ3) is 5.83. The molecule has 2 amide bonds. The molecule has 126 valence electrons. The first kappa shape index (κ1) is 18.2. The molecule has 24 heavy (non-hydrogen) atoms. The van der Waals surface area contributed by atoms with Crippen LogP contribution < -0.4 is 10.6 Å². The molecule has 0 fully saturated rings. The third-order valence-electron chi connectivity index (χ3n) is 3.14. The number of hydrogen-bond acceptors (Lipinski definition) is 2. The van der Waals surface area contributed by atoms with Crippen LogP contribution in [0.25, 0.3) is 0 Å². The van der Waals surface area contributed by atoms with Crippen molar-refractivity contribution in [3.8, 4) is 0 Å². The van der Waals surface area contributed by atoms with Crippen LogP contribution in [0.3, 0.4) is 0 Å². The molecule has 4 nitrogen and oxygen atoms in total. The Bertz CT molecular complexity index is 733. The van der Waals surface area contributed by atoms with Crippen LogP contribution in [-0.2, 0) is 16.0 Å². The number of anilines is 1. The predicted octanol–water partition coefficient (Wildman–Crippen LogP) is 3.82. The van der Waals surface area contributed by atoms with Crippen molar-refractivity contribution in [2.45, 2.75) is 12.8 Å². The van der Waals surface area contributed by atoms with E-state index in [1.165, 1.54) is 24.3 Å². The highest BCUT2D eigenvalue weighted by Gasteiger charge is 2.10. The van der Waals surface area contributed by atoms with Gasteiger partial charge in [0.25, 0.3) is 0 Å². The zero-order valence-electron chi connectivity index (χ0n) is 12.6. The maximum atomic E-state index is 13.4. The van der Waals surface area contributed by atoms with Gasteiger partial charge in [-0.1, -0.05) is 41.4 Å². The van der Waals surface area contributed by atoms with Gasteiger partial charge in [-0.2, -0.15) is 0 Å². The first-order valence-corrected chi connectivity index (χ1v) is 7.95. The first-order valence-electron chi connectivity index (χ1n) is 7.20. The fourth-order valence-electron chi connectivity index (χ4n) is 2.08. The van der Waals surface area contributed by atoms with Gasteiger partial charge in [-0.05, 0) is 36.2 Å². The zero-order chi connectivity index (χ0) is 17.5. The van der Waals surface area contributed by atoms with Crippen LogP contribution in [-0.4, -0.2) is 18.4 Å². The van der Waals surface area contributed by atoms with Gasteiger partial charge in [0.05, 0.1) is 0 Å². The van der Waals surface area contributed by atoms with Crippen molar-refractivity contribution in [3.63, 3.8) is 0 Å². The molecule has 0 spiro atoms. The Labute approximate surface area is 149 Å². The number of rotatable bonds is 6. The number of carbonyl (C=O) groups excluding carboxylic acids is 2. The molecule has 2 aromatic carbocycles. The highest BCUT2D eigenvalue weighted by Crippen LogP contribution is 2.22. The zero-order valence-corrected chi connectivity index (χ0v) is 14.1. The van der Waals surface area contributed by atoms with Gasteiger partial charge in [-0.3, -0.25) is 9.59 Å². The largest absolute Gasteiger partial charge is 0.355 e. The van der Waals surface area contributed by atoms with Crippen molar-refractivity contribution in [1.82, 2.24) is 5.32 Å². The molecule has 7 heteroatoms. The molecule has 2 N–H and O–H groups in total. The molecular formula is C17H15Cl2FN2O2. The van der Waals surface area contributed by atoms with E-state index in [-0.39, 0.29) is 18.8 Å². The summed E-state index contributed by atoms with van der Waals surface area (Å²) in [5.74, 6) is -1.25. The number of amides is 2. The smallest absolute Gasteiger partial charge is 0.233 e. The molecule has 0 aliphatic carbocycles. The molecule has 0 unspecified atom stereocenters. The molecule has 0 bridgehead atoms. The Kier molecular flexibility index (Phi) is 6.58. The lowest BCUT2D eigenvalue weighted by Gasteiger charge is -2.08. The molecule has 0 radical (unpaired) electrons. The van der Waals surface area contributed by atoms with Crippen LogP contribution in [0, 0.1) is 5.82 Å². The van der Waals surface area contributed by atoms with Gasteiger partial charge in [0.15, 0.2) is 0 Å². The molecular weight excluding hydrogens is 354 g/mol. The van der Waals surface area contributed by atoms with E-state index in [1.807, 2.05) is 0 Å². The van der Waals surface area contributed by atoms with E-state index in [1.54, 1.807) is 18.2 Å². The van der Waals surface area contributed by atoms with Gasteiger partial charge in [-0.15, -0.1) is 0 Å². The third-order valence-corrected chi connectivity index (χ3v) is 3.58. The van der Waals surface area contributed by atoms with Crippen LogP contribution in [0.5, 0.6) is 0 Å². The van der Waals surface area contributed by atoms with Crippen molar-refractivity contribution in [2.24, 2.45) is 0 Å². The minimum atomic E-state index is -0.489. The normalized spacial score (nSPS) is 10.3. The van der Waals surface area contributed by atoms with Crippen molar-refractivity contribution >= 4 is 40.7 Å². The highest BCUT2D eigenvalue weighted by atomic mass is 35.5. The number of hydrogen-bond donors (Lipinski definition) is 2. The van der Waals surface area contributed by atoms with Crippen LogP contribution >= 0.6 is 23.2 Å². The van der Waals surface area contributed by atoms with Gasteiger partial charge < -0.3 is 10.6 Å². The fraction of sp³-hybridized carbons (Fsp3) is 0.176. The van der Waals surface area contributed by atoms with Crippen LogP contribution in [0.1, 0.15) is 12.0 Å². The lowest BCUT2D eigenvalue weighted by atomic mass is 10.1. The highest BCUT2D eigenvalue weighted by molar-refractivity contribution is 6.35. The SMILES string of the molecule is O=C(CC(=O)Nc1cc(Cl)cc(Cl)c1)NCCc1ccccc1F.